The molecule has 17 heavy (non-hydrogen) atoms. The number of nitrogens with zero attached hydrogens (tertiary/aromatic N) is 2. The lowest BCUT2D eigenvalue weighted by molar-refractivity contribution is 0.531. The molecule has 1 saturated heterocycles. The molecule has 2 heterocycles. The fourth-order valence-corrected chi connectivity index (χ4v) is 4.43. The Morgan fingerprint density at radius 3 is 3.06 bits per heavy atom. The molecule has 1 aliphatic heterocycles. The highest BCUT2D eigenvalue weighted by atomic mass is 32.2. The second kappa shape index (κ2) is 6.71. The van der Waals surface area contributed by atoms with Gasteiger partial charge in [0, 0.05) is 53.4 Å². The zero-order valence-electron chi connectivity index (χ0n) is 10.6. The molecular formula is C12H21N3S2. The van der Waals surface area contributed by atoms with Crippen LogP contribution in [-0.2, 0) is 6.54 Å². The topological polar surface area (TPSA) is 29.9 Å². The van der Waals surface area contributed by atoms with Crippen molar-refractivity contribution in [3.63, 3.8) is 0 Å². The molecule has 0 amide bonds. The van der Waals surface area contributed by atoms with Gasteiger partial charge in [0.25, 0.3) is 0 Å². The van der Waals surface area contributed by atoms with Gasteiger partial charge in [-0.25, -0.2) is 0 Å². The molecule has 1 aromatic heterocycles. The van der Waals surface area contributed by atoms with Crippen LogP contribution in [0, 0.1) is 0 Å². The third-order valence-electron chi connectivity index (χ3n) is 2.77. The first-order chi connectivity index (χ1) is 8.25. The highest BCUT2D eigenvalue weighted by molar-refractivity contribution is 8.06. The molecule has 1 aliphatic rings. The van der Waals surface area contributed by atoms with Crippen molar-refractivity contribution in [3.05, 3.63) is 18.0 Å². The van der Waals surface area contributed by atoms with Crippen LogP contribution >= 0.6 is 23.5 Å². The molecule has 3 nitrogen and oxygen atoms in total. The van der Waals surface area contributed by atoms with Gasteiger partial charge in [-0.1, -0.05) is 0 Å². The van der Waals surface area contributed by atoms with E-state index in [2.05, 4.69) is 54.0 Å². The maximum absolute atomic E-state index is 4.35. The minimum atomic E-state index is 0.453. The molecule has 1 unspecified atom stereocenters. The SMILES string of the molecule is CC(C)n1cc(CNCC2CSCCS2)cn1. The smallest absolute Gasteiger partial charge is 0.0534 e. The molecule has 96 valence electrons. The van der Waals surface area contributed by atoms with Crippen molar-refractivity contribution in [1.82, 2.24) is 15.1 Å². The molecular weight excluding hydrogens is 250 g/mol. The van der Waals surface area contributed by atoms with E-state index in [1.807, 2.05) is 10.9 Å². The molecule has 0 bridgehead atoms. The summed E-state index contributed by atoms with van der Waals surface area (Å²) in [6, 6.07) is 0.453. The quantitative estimate of drug-likeness (QED) is 0.890. The van der Waals surface area contributed by atoms with Crippen LogP contribution in [0.1, 0.15) is 25.5 Å². The fourth-order valence-electron chi connectivity index (χ4n) is 1.78. The first-order valence-electron chi connectivity index (χ1n) is 6.19. The number of hydrogen-bond acceptors (Lipinski definition) is 4. The molecule has 1 N–H and O–H groups in total. The average Bonchev–Trinajstić information content (AvgIpc) is 2.79. The number of hydrogen-bond donors (Lipinski definition) is 1. The second-order valence-corrected chi connectivity index (χ2v) is 7.18. The molecule has 1 aromatic rings. The van der Waals surface area contributed by atoms with E-state index >= 15 is 0 Å². The van der Waals surface area contributed by atoms with Gasteiger partial charge in [-0.3, -0.25) is 4.68 Å². The molecule has 0 aliphatic carbocycles. The Morgan fingerprint density at radius 1 is 1.53 bits per heavy atom. The Hall–Kier alpha value is -0.130. The van der Waals surface area contributed by atoms with Crippen molar-refractivity contribution in [3.8, 4) is 0 Å². The standard InChI is InChI=1S/C12H21N3S2/c1-10(2)15-8-11(6-14-15)5-13-7-12-9-16-3-4-17-12/h6,8,10,12-13H,3-5,7,9H2,1-2H3. The molecule has 0 spiro atoms. The van der Waals surface area contributed by atoms with Gasteiger partial charge in [0.15, 0.2) is 0 Å². The van der Waals surface area contributed by atoms with E-state index in [0.717, 1.165) is 18.3 Å². The van der Waals surface area contributed by atoms with E-state index in [1.54, 1.807) is 0 Å². The van der Waals surface area contributed by atoms with Gasteiger partial charge < -0.3 is 5.32 Å². The molecule has 1 fully saturated rings. The zero-order chi connectivity index (χ0) is 12.1. The summed E-state index contributed by atoms with van der Waals surface area (Å²) in [6.07, 6.45) is 4.11. The van der Waals surface area contributed by atoms with Gasteiger partial charge in [0.05, 0.1) is 6.20 Å². The Labute approximate surface area is 112 Å². The van der Waals surface area contributed by atoms with Crippen LogP contribution in [0.5, 0.6) is 0 Å². The van der Waals surface area contributed by atoms with Crippen molar-refractivity contribution in [2.24, 2.45) is 0 Å². The Morgan fingerprint density at radius 2 is 2.41 bits per heavy atom. The molecule has 2 rings (SSSR count). The lowest BCUT2D eigenvalue weighted by atomic mass is 10.3. The van der Waals surface area contributed by atoms with Crippen molar-refractivity contribution in [2.45, 2.75) is 31.7 Å². The molecule has 0 radical (unpaired) electrons. The van der Waals surface area contributed by atoms with Crippen LogP contribution in [0.15, 0.2) is 12.4 Å². The summed E-state index contributed by atoms with van der Waals surface area (Å²) < 4.78 is 2.02. The van der Waals surface area contributed by atoms with Gasteiger partial charge in [0.1, 0.15) is 0 Å². The van der Waals surface area contributed by atoms with Crippen LogP contribution in [0.25, 0.3) is 0 Å². The summed E-state index contributed by atoms with van der Waals surface area (Å²) in [5, 5.41) is 8.67. The van der Waals surface area contributed by atoms with Crippen molar-refractivity contribution in [2.75, 3.05) is 23.8 Å². The Kier molecular flexibility index (Phi) is 5.25. The molecule has 0 saturated carbocycles. The van der Waals surface area contributed by atoms with Crippen LogP contribution in [-0.4, -0.2) is 38.8 Å². The summed E-state index contributed by atoms with van der Waals surface area (Å²) in [5.74, 6) is 3.92. The number of nitrogens with one attached hydrogen (secondary N) is 1. The minimum absolute atomic E-state index is 0.453. The molecule has 1 atom stereocenters. The highest BCUT2D eigenvalue weighted by Crippen LogP contribution is 2.23. The van der Waals surface area contributed by atoms with E-state index in [-0.39, 0.29) is 0 Å². The van der Waals surface area contributed by atoms with Crippen LogP contribution in [0.2, 0.25) is 0 Å². The predicted molar refractivity (Wildman–Crippen MR) is 77.9 cm³/mol. The maximum Gasteiger partial charge on any atom is 0.0534 e. The van der Waals surface area contributed by atoms with E-state index in [0.29, 0.717) is 6.04 Å². The maximum atomic E-state index is 4.35. The lowest BCUT2D eigenvalue weighted by Gasteiger charge is -2.20. The zero-order valence-corrected chi connectivity index (χ0v) is 12.2. The highest BCUT2D eigenvalue weighted by Gasteiger charge is 2.13. The lowest BCUT2D eigenvalue weighted by Crippen LogP contribution is -2.28. The van der Waals surface area contributed by atoms with E-state index < -0.39 is 0 Å². The largest absolute Gasteiger partial charge is 0.311 e. The van der Waals surface area contributed by atoms with Gasteiger partial charge in [-0.15, -0.1) is 0 Å². The molecule has 5 heteroatoms. The van der Waals surface area contributed by atoms with E-state index in [4.69, 9.17) is 0 Å². The van der Waals surface area contributed by atoms with Gasteiger partial charge in [0.2, 0.25) is 0 Å². The number of rotatable bonds is 5. The second-order valence-electron chi connectivity index (χ2n) is 4.62. The third-order valence-corrected chi connectivity index (χ3v) is 5.62. The van der Waals surface area contributed by atoms with Gasteiger partial charge in [-0.05, 0) is 13.8 Å². The van der Waals surface area contributed by atoms with Gasteiger partial charge >= 0.3 is 0 Å². The van der Waals surface area contributed by atoms with Crippen molar-refractivity contribution < 1.29 is 0 Å². The monoisotopic (exact) mass is 271 g/mol. The van der Waals surface area contributed by atoms with Crippen molar-refractivity contribution in [1.29, 1.82) is 0 Å². The van der Waals surface area contributed by atoms with Crippen LogP contribution in [0.4, 0.5) is 0 Å². The predicted octanol–water partition coefficient (Wildman–Crippen LogP) is 2.40. The average molecular weight is 271 g/mol. The van der Waals surface area contributed by atoms with E-state index in [1.165, 1.54) is 22.8 Å². The van der Waals surface area contributed by atoms with Crippen LogP contribution < -0.4 is 5.32 Å². The summed E-state index contributed by atoms with van der Waals surface area (Å²) in [5.41, 5.74) is 1.28. The van der Waals surface area contributed by atoms with Crippen molar-refractivity contribution >= 4 is 23.5 Å². The number of aromatic nitrogens is 2. The normalized spacial score (nSPS) is 21.0. The summed E-state index contributed by atoms with van der Waals surface area (Å²) >= 11 is 4.18. The van der Waals surface area contributed by atoms with Gasteiger partial charge in [-0.2, -0.15) is 28.6 Å². The third kappa shape index (κ3) is 4.23. The summed E-state index contributed by atoms with van der Waals surface area (Å²) in [6.45, 7) is 6.36. The summed E-state index contributed by atoms with van der Waals surface area (Å²) in [7, 11) is 0. The first kappa shape index (κ1) is 13.3. The Balaban J connectivity index is 1.70. The fraction of sp³-hybridized carbons (Fsp3) is 0.750. The van der Waals surface area contributed by atoms with Crippen LogP contribution in [0.3, 0.4) is 0 Å². The first-order valence-corrected chi connectivity index (χ1v) is 8.39. The minimum Gasteiger partial charge on any atom is -0.311 e. The Bertz CT molecular complexity index is 332. The van der Waals surface area contributed by atoms with E-state index in [9.17, 15) is 0 Å². The molecule has 0 aromatic carbocycles. The number of thioether (sulfide) groups is 2. The summed E-state index contributed by atoms with van der Waals surface area (Å²) in [4.78, 5) is 0.